The van der Waals surface area contributed by atoms with Gasteiger partial charge in [0.2, 0.25) is 5.91 Å². The quantitative estimate of drug-likeness (QED) is 0.821. The Balaban J connectivity index is 2.69. The molecule has 0 aromatic heterocycles. The first-order valence-corrected chi connectivity index (χ1v) is 7.00. The SMILES string of the molecule is CC(C)C(NC(=O)Cc1ccc(Cl)c(Cl)c1)C(N)=S. The highest BCUT2D eigenvalue weighted by atomic mass is 35.5. The van der Waals surface area contributed by atoms with Gasteiger partial charge in [0.25, 0.3) is 0 Å². The Morgan fingerprint density at radius 1 is 1.37 bits per heavy atom. The fraction of sp³-hybridized carbons (Fsp3) is 0.385. The van der Waals surface area contributed by atoms with Gasteiger partial charge in [0.05, 0.1) is 27.5 Å². The summed E-state index contributed by atoms with van der Waals surface area (Å²) < 4.78 is 0. The summed E-state index contributed by atoms with van der Waals surface area (Å²) >= 11 is 16.7. The lowest BCUT2D eigenvalue weighted by Crippen LogP contribution is -2.47. The van der Waals surface area contributed by atoms with E-state index in [-0.39, 0.29) is 29.3 Å². The Morgan fingerprint density at radius 2 is 2.00 bits per heavy atom. The summed E-state index contributed by atoms with van der Waals surface area (Å²) in [6.07, 6.45) is 0.211. The van der Waals surface area contributed by atoms with Gasteiger partial charge in [-0.1, -0.05) is 55.3 Å². The third kappa shape index (κ3) is 4.97. The van der Waals surface area contributed by atoms with E-state index in [2.05, 4.69) is 5.32 Å². The Labute approximate surface area is 128 Å². The van der Waals surface area contributed by atoms with Gasteiger partial charge in [0.15, 0.2) is 0 Å². The predicted octanol–water partition coefficient (Wildman–Crippen LogP) is 2.96. The maximum absolute atomic E-state index is 11.9. The molecule has 0 spiro atoms. The first-order chi connectivity index (χ1) is 8.81. The minimum atomic E-state index is -0.301. The zero-order chi connectivity index (χ0) is 14.6. The van der Waals surface area contributed by atoms with Crippen LogP contribution in [-0.2, 0) is 11.2 Å². The highest BCUT2D eigenvalue weighted by Crippen LogP contribution is 2.22. The molecule has 0 bridgehead atoms. The highest BCUT2D eigenvalue weighted by Gasteiger charge is 2.18. The second kappa shape index (κ2) is 7.08. The van der Waals surface area contributed by atoms with E-state index in [1.807, 2.05) is 13.8 Å². The molecule has 1 aromatic carbocycles. The number of carbonyl (C=O) groups excluding carboxylic acids is 1. The van der Waals surface area contributed by atoms with Crippen LogP contribution in [0.25, 0.3) is 0 Å². The van der Waals surface area contributed by atoms with Crippen molar-refractivity contribution in [2.45, 2.75) is 26.3 Å². The van der Waals surface area contributed by atoms with E-state index in [1.165, 1.54) is 0 Å². The van der Waals surface area contributed by atoms with Crippen molar-refractivity contribution in [2.75, 3.05) is 0 Å². The van der Waals surface area contributed by atoms with Gasteiger partial charge in [-0.05, 0) is 23.6 Å². The number of benzene rings is 1. The highest BCUT2D eigenvalue weighted by molar-refractivity contribution is 7.80. The number of halogens is 2. The van der Waals surface area contributed by atoms with Gasteiger partial charge in [-0.3, -0.25) is 4.79 Å². The lowest BCUT2D eigenvalue weighted by atomic mass is 10.0. The molecule has 1 aromatic rings. The van der Waals surface area contributed by atoms with Crippen molar-refractivity contribution in [3.63, 3.8) is 0 Å². The summed E-state index contributed by atoms with van der Waals surface area (Å²) in [5.74, 6) is 0.000134. The van der Waals surface area contributed by atoms with E-state index in [1.54, 1.807) is 18.2 Å². The number of carbonyl (C=O) groups is 1. The van der Waals surface area contributed by atoms with Crippen molar-refractivity contribution in [2.24, 2.45) is 11.7 Å². The molecular formula is C13H16Cl2N2OS. The van der Waals surface area contributed by atoms with E-state index >= 15 is 0 Å². The van der Waals surface area contributed by atoms with Crippen molar-refractivity contribution in [3.05, 3.63) is 33.8 Å². The average molecular weight is 319 g/mol. The normalized spacial score (nSPS) is 12.3. The van der Waals surface area contributed by atoms with Crippen molar-refractivity contribution < 1.29 is 4.79 Å². The van der Waals surface area contributed by atoms with Crippen LogP contribution in [-0.4, -0.2) is 16.9 Å². The molecule has 104 valence electrons. The number of thiocarbonyl (C=S) groups is 1. The summed E-state index contributed by atoms with van der Waals surface area (Å²) in [6, 6.07) is 4.80. The molecule has 3 nitrogen and oxygen atoms in total. The van der Waals surface area contributed by atoms with Crippen LogP contribution in [0.4, 0.5) is 0 Å². The second-order valence-corrected chi connectivity index (χ2v) is 5.90. The smallest absolute Gasteiger partial charge is 0.224 e. The molecule has 0 saturated heterocycles. The Hall–Kier alpha value is -0.840. The van der Waals surface area contributed by atoms with Crippen LogP contribution in [0.15, 0.2) is 18.2 Å². The first kappa shape index (κ1) is 16.2. The zero-order valence-corrected chi connectivity index (χ0v) is 13.1. The average Bonchev–Trinajstić information content (AvgIpc) is 2.30. The summed E-state index contributed by atoms with van der Waals surface area (Å²) in [4.78, 5) is 12.2. The molecule has 19 heavy (non-hydrogen) atoms. The second-order valence-electron chi connectivity index (χ2n) is 4.62. The number of hydrogen-bond acceptors (Lipinski definition) is 2. The van der Waals surface area contributed by atoms with Crippen molar-refractivity contribution in [3.8, 4) is 0 Å². The predicted molar refractivity (Wildman–Crippen MR) is 83.7 cm³/mol. The molecular weight excluding hydrogens is 303 g/mol. The van der Waals surface area contributed by atoms with Gasteiger partial charge in [0.1, 0.15) is 0 Å². The zero-order valence-electron chi connectivity index (χ0n) is 10.7. The Bertz CT molecular complexity index is 492. The Morgan fingerprint density at radius 3 is 2.47 bits per heavy atom. The van der Waals surface area contributed by atoms with Crippen LogP contribution < -0.4 is 11.1 Å². The molecule has 0 aliphatic rings. The molecule has 0 radical (unpaired) electrons. The third-order valence-corrected chi connectivity index (χ3v) is 3.63. The number of nitrogens with one attached hydrogen (secondary N) is 1. The maximum Gasteiger partial charge on any atom is 0.224 e. The summed E-state index contributed by atoms with van der Waals surface area (Å²) in [5.41, 5.74) is 6.39. The van der Waals surface area contributed by atoms with Gasteiger partial charge in [-0.2, -0.15) is 0 Å². The van der Waals surface area contributed by atoms with E-state index in [9.17, 15) is 4.79 Å². The van der Waals surface area contributed by atoms with Crippen LogP contribution >= 0.6 is 35.4 Å². The lowest BCUT2D eigenvalue weighted by molar-refractivity contribution is -0.120. The summed E-state index contributed by atoms with van der Waals surface area (Å²) in [5, 5.41) is 3.72. The molecule has 1 rings (SSSR count). The molecule has 0 aliphatic carbocycles. The fourth-order valence-corrected chi connectivity index (χ4v) is 2.28. The summed E-state index contributed by atoms with van der Waals surface area (Å²) in [6.45, 7) is 3.90. The molecule has 0 heterocycles. The largest absolute Gasteiger partial charge is 0.392 e. The van der Waals surface area contributed by atoms with Gasteiger partial charge >= 0.3 is 0 Å². The number of hydrogen-bond donors (Lipinski definition) is 2. The standard InChI is InChI=1S/C13H16Cl2N2OS/c1-7(2)12(13(16)19)17-11(18)6-8-3-4-9(14)10(15)5-8/h3-5,7,12H,6H2,1-2H3,(H2,16,19)(H,17,18). The topological polar surface area (TPSA) is 55.1 Å². The molecule has 6 heteroatoms. The van der Waals surface area contributed by atoms with Crippen LogP contribution in [0, 0.1) is 5.92 Å². The van der Waals surface area contributed by atoms with E-state index < -0.39 is 0 Å². The van der Waals surface area contributed by atoms with Gasteiger partial charge in [0, 0.05) is 0 Å². The number of rotatable bonds is 5. The molecule has 1 unspecified atom stereocenters. The first-order valence-electron chi connectivity index (χ1n) is 5.84. The fourth-order valence-electron chi connectivity index (χ4n) is 1.63. The monoisotopic (exact) mass is 318 g/mol. The molecule has 0 fully saturated rings. The number of amides is 1. The van der Waals surface area contributed by atoms with E-state index in [0.29, 0.717) is 10.0 Å². The molecule has 1 atom stereocenters. The van der Waals surface area contributed by atoms with Crippen LogP contribution in [0.3, 0.4) is 0 Å². The summed E-state index contributed by atoms with van der Waals surface area (Å²) in [7, 11) is 0. The lowest BCUT2D eigenvalue weighted by Gasteiger charge is -2.21. The minimum absolute atomic E-state index is 0.148. The van der Waals surface area contributed by atoms with E-state index in [0.717, 1.165) is 5.56 Å². The Kier molecular flexibility index (Phi) is 6.04. The van der Waals surface area contributed by atoms with Crippen LogP contribution in [0.1, 0.15) is 19.4 Å². The van der Waals surface area contributed by atoms with Crippen molar-refractivity contribution in [1.29, 1.82) is 0 Å². The van der Waals surface area contributed by atoms with Crippen molar-refractivity contribution >= 4 is 46.3 Å². The molecule has 0 saturated carbocycles. The van der Waals surface area contributed by atoms with Crippen molar-refractivity contribution in [1.82, 2.24) is 5.32 Å². The van der Waals surface area contributed by atoms with Gasteiger partial charge < -0.3 is 11.1 Å². The number of nitrogens with two attached hydrogens (primary N) is 1. The molecule has 1 amide bonds. The van der Waals surface area contributed by atoms with Gasteiger partial charge in [-0.15, -0.1) is 0 Å². The van der Waals surface area contributed by atoms with Gasteiger partial charge in [-0.25, -0.2) is 0 Å². The minimum Gasteiger partial charge on any atom is -0.392 e. The van der Waals surface area contributed by atoms with Crippen LogP contribution in [0.2, 0.25) is 10.0 Å². The molecule has 3 N–H and O–H groups in total. The van der Waals surface area contributed by atoms with Crippen LogP contribution in [0.5, 0.6) is 0 Å². The maximum atomic E-state index is 11.9. The third-order valence-electron chi connectivity index (χ3n) is 2.64. The molecule has 0 aliphatic heterocycles. The van der Waals surface area contributed by atoms with E-state index in [4.69, 9.17) is 41.2 Å².